The average Bonchev–Trinajstić information content (AvgIpc) is 3.02. The average molecular weight is 424 g/mol. The second-order valence-corrected chi connectivity index (χ2v) is 7.63. The number of hydrogen-bond donors (Lipinski definition) is 1. The SMILES string of the molecule is CCOc1ccc(C(O)=C2C(=O)C(=O)N(CCCOC(C)C)[C@@H]2c2ccccc2)cc1. The molecule has 0 saturated carbocycles. The van der Waals surface area contributed by atoms with Gasteiger partial charge in [0.05, 0.1) is 24.3 Å². The van der Waals surface area contributed by atoms with Crippen LogP contribution in [0.4, 0.5) is 0 Å². The number of carbonyl (C=O) groups excluding carboxylic acids is 2. The summed E-state index contributed by atoms with van der Waals surface area (Å²) < 4.78 is 11.0. The summed E-state index contributed by atoms with van der Waals surface area (Å²) in [4.78, 5) is 27.4. The summed E-state index contributed by atoms with van der Waals surface area (Å²) in [6.45, 7) is 7.17. The molecule has 0 spiro atoms. The van der Waals surface area contributed by atoms with Crippen molar-refractivity contribution in [1.82, 2.24) is 4.90 Å². The Balaban J connectivity index is 1.97. The van der Waals surface area contributed by atoms with Crippen LogP contribution in [0.1, 0.15) is 44.4 Å². The van der Waals surface area contributed by atoms with Crippen LogP contribution in [0.2, 0.25) is 0 Å². The van der Waals surface area contributed by atoms with Gasteiger partial charge in [-0.25, -0.2) is 0 Å². The topological polar surface area (TPSA) is 76.1 Å². The van der Waals surface area contributed by atoms with E-state index in [1.807, 2.05) is 51.1 Å². The molecule has 31 heavy (non-hydrogen) atoms. The maximum Gasteiger partial charge on any atom is 0.295 e. The van der Waals surface area contributed by atoms with Gasteiger partial charge in [0.1, 0.15) is 11.5 Å². The monoisotopic (exact) mass is 423 g/mol. The molecule has 2 aromatic carbocycles. The van der Waals surface area contributed by atoms with E-state index in [-0.39, 0.29) is 17.4 Å². The molecule has 1 N–H and O–H groups in total. The molecule has 0 radical (unpaired) electrons. The van der Waals surface area contributed by atoms with Gasteiger partial charge in [0, 0.05) is 18.7 Å². The van der Waals surface area contributed by atoms with Crippen molar-refractivity contribution in [1.29, 1.82) is 0 Å². The van der Waals surface area contributed by atoms with E-state index < -0.39 is 17.7 Å². The van der Waals surface area contributed by atoms with Crippen LogP contribution in [0.15, 0.2) is 60.2 Å². The van der Waals surface area contributed by atoms with Crippen molar-refractivity contribution < 1.29 is 24.2 Å². The third kappa shape index (κ3) is 5.14. The molecule has 3 rings (SSSR count). The van der Waals surface area contributed by atoms with E-state index in [2.05, 4.69) is 0 Å². The van der Waals surface area contributed by atoms with Gasteiger partial charge >= 0.3 is 0 Å². The van der Waals surface area contributed by atoms with Gasteiger partial charge in [-0.1, -0.05) is 30.3 Å². The summed E-state index contributed by atoms with van der Waals surface area (Å²) in [5.41, 5.74) is 1.34. The zero-order valence-electron chi connectivity index (χ0n) is 18.2. The highest BCUT2D eigenvalue weighted by Gasteiger charge is 2.45. The number of likely N-dealkylation sites (tertiary alicyclic amines) is 1. The second kappa shape index (κ2) is 10.3. The predicted octanol–water partition coefficient (Wildman–Crippen LogP) is 4.32. The maximum absolute atomic E-state index is 13.0. The number of carbonyl (C=O) groups is 2. The van der Waals surface area contributed by atoms with Crippen LogP contribution in [0.5, 0.6) is 5.75 Å². The third-order valence-corrected chi connectivity index (χ3v) is 5.09. The van der Waals surface area contributed by atoms with Crippen LogP contribution in [0.25, 0.3) is 5.76 Å². The summed E-state index contributed by atoms with van der Waals surface area (Å²) in [6.07, 6.45) is 0.692. The van der Waals surface area contributed by atoms with Crippen LogP contribution in [-0.2, 0) is 14.3 Å². The Labute approximate surface area is 183 Å². The van der Waals surface area contributed by atoms with Crippen LogP contribution >= 0.6 is 0 Å². The summed E-state index contributed by atoms with van der Waals surface area (Å²) in [7, 11) is 0. The maximum atomic E-state index is 13.0. The first-order valence-corrected chi connectivity index (χ1v) is 10.6. The number of ketones is 1. The van der Waals surface area contributed by atoms with Crippen molar-refractivity contribution in [3.05, 3.63) is 71.3 Å². The number of Topliss-reactive ketones (excluding diaryl/α,β-unsaturated/α-hetero) is 1. The van der Waals surface area contributed by atoms with Gasteiger partial charge in [0.2, 0.25) is 0 Å². The smallest absolute Gasteiger partial charge is 0.295 e. The van der Waals surface area contributed by atoms with E-state index in [0.717, 1.165) is 5.56 Å². The van der Waals surface area contributed by atoms with Gasteiger partial charge in [-0.2, -0.15) is 0 Å². The molecule has 1 saturated heterocycles. The van der Waals surface area contributed by atoms with Gasteiger partial charge in [-0.3, -0.25) is 9.59 Å². The number of aliphatic hydroxyl groups excluding tert-OH is 1. The second-order valence-electron chi connectivity index (χ2n) is 7.63. The molecule has 0 aromatic heterocycles. The van der Waals surface area contributed by atoms with Crippen molar-refractivity contribution in [2.45, 2.75) is 39.3 Å². The molecule has 1 aliphatic rings. The molecular weight excluding hydrogens is 394 g/mol. The minimum absolute atomic E-state index is 0.0972. The number of benzene rings is 2. The minimum Gasteiger partial charge on any atom is -0.507 e. The molecular formula is C25H29NO5. The first kappa shape index (κ1) is 22.6. The van der Waals surface area contributed by atoms with Crippen molar-refractivity contribution in [2.75, 3.05) is 19.8 Å². The molecule has 2 aromatic rings. The largest absolute Gasteiger partial charge is 0.507 e. The third-order valence-electron chi connectivity index (χ3n) is 5.09. The fourth-order valence-corrected chi connectivity index (χ4v) is 3.68. The lowest BCUT2D eigenvalue weighted by Gasteiger charge is -2.25. The van der Waals surface area contributed by atoms with Crippen LogP contribution in [-0.4, -0.2) is 47.6 Å². The van der Waals surface area contributed by atoms with E-state index in [9.17, 15) is 14.7 Å². The van der Waals surface area contributed by atoms with Gasteiger partial charge < -0.3 is 19.5 Å². The highest BCUT2D eigenvalue weighted by molar-refractivity contribution is 6.46. The van der Waals surface area contributed by atoms with Gasteiger partial charge in [0.25, 0.3) is 11.7 Å². The molecule has 6 nitrogen and oxygen atoms in total. The molecule has 1 aliphatic heterocycles. The first-order valence-electron chi connectivity index (χ1n) is 10.6. The van der Waals surface area contributed by atoms with E-state index in [4.69, 9.17) is 9.47 Å². The highest BCUT2D eigenvalue weighted by Crippen LogP contribution is 2.39. The normalized spacial score (nSPS) is 18.1. The molecule has 164 valence electrons. The molecule has 1 fully saturated rings. The highest BCUT2D eigenvalue weighted by atomic mass is 16.5. The fourth-order valence-electron chi connectivity index (χ4n) is 3.68. The number of aliphatic hydroxyl groups is 1. The van der Waals surface area contributed by atoms with Crippen molar-refractivity contribution in [2.24, 2.45) is 0 Å². The van der Waals surface area contributed by atoms with E-state index in [1.165, 1.54) is 4.90 Å². The zero-order valence-corrected chi connectivity index (χ0v) is 18.2. The molecule has 1 atom stereocenters. The van der Waals surface area contributed by atoms with E-state index in [0.29, 0.717) is 37.5 Å². The quantitative estimate of drug-likeness (QED) is 0.281. The van der Waals surface area contributed by atoms with Crippen molar-refractivity contribution in [3.8, 4) is 5.75 Å². The summed E-state index contributed by atoms with van der Waals surface area (Å²) >= 11 is 0. The Bertz CT molecular complexity index is 934. The molecule has 0 unspecified atom stereocenters. The Morgan fingerprint density at radius 1 is 1.06 bits per heavy atom. The predicted molar refractivity (Wildman–Crippen MR) is 119 cm³/mol. The summed E-state index contributed by atoms with van der Waals surface area (Å²) in [5, 5.41) is 11.0. The summed E-state index contributed by atoms with van der Waals surface area (Å²) in [6, 6.07) is 15.5. The lowest BCUT2D eigenvalue weighted by molar-refractivity contribution is -0.140. The lowest BCUT2D eigenvalue weighted by Crippen LogP contribution is -2.31. The Morgan fingerprint density at radius 2 is 1.74 bits per heavy atom. The van der Waals surface area contributed by atoms with Crippen LogP contribution in [0, 0.1) is 0 Å². The number of hydrogen-bond acceptors (Lipinski definition) is 5. The Hall–Kier alpha value is -3.12. The molecule has 1 heterocycles. The number of amides is 1. The minimum atomic E-state index is -0.676. The molecule has 0 bridgehead atoms. The molecule has 6 heteroatoms. The molecule has 0 aliphatic carbocycles. The van der Waals surface area contributed by atoms with E-state index >= 15 is 0 Å². The van der Waals surface area contributed by atoms with Crippen LogP contribution < -0.4 is 4.74 Å². The van der Waals surface area contributed by atoms with Crippen molar-refractivity contribution >= 4 is 17.4 Å². The zero-order chi connectivity index (χ0) is 22.4. The standard InChI is InChI=1S/C25H29NO5/c1-4-30-20-13-11-19(12-14-20)23(27)21-22(18-9-6-5-7-10-18)26(25(29)24(21)28)15-8-16-31-17(2)3/h5-7,9-14,17,22,27H,4,8,15-16H2,1-3H3/t22-/m1/s1. The number of ether oxygens (including phenoxy) is 2. The van der Waals surface area contributed by atoms with Crippen molar-refractivity contribution in [3.63, 3.8) is 0 Å². The lowest BCUT2D eigenvalue weighted by atomic mass is 9.95. The fraction of sp³-hybridized carbons (Fsp3) is 0.360. The number of rotatable bonds is 9. The Kier molecular flexibility index (Phi) is 7.47. The van der Waals surface area contributed by atoms with Gasteiger partial charge in [-0.15, -0.1) is 0 Å². The van der Waals surface area contributed by atoms with Gasteiger partial charge in [-0.05, 0) is 57.0 Å². The van der Waals surface area contributed by atoms with E-state index in [1.54, 1.807) is 24.3 Å². The summed E-state index contributed by atoms with van der Waals surface area (Å²) in [5.74, 6) is -0.795. The molecule has 1 amide bonds. The van der Waals surface area contributed by atoms with Crippen LogP contribution in [0.3, 0.4) is 0 Å². The Morgan fingerprint density at radius 3 is 2.35 bits per heavy atom. The van der Waals surface area contributed by atoms with Gasteiger partial charge in [0.15, 0.2) is 0 Å². The first-order chi connectivity index (χ1) is 14.9. The number of nitrogens with zero attached hydrogens (tertiary/aromatic N) is 1.